The summed E-state index contributed by atoms with van der Waals surface area (Å²) in [4.78, 5) is 0. The zero-order valence-corrected chi connectivity index (χ0v) is 64.7. The second-order valence-electron chi connectivity index (χ2n) is 80.3. The van der Waals surface area contributed by atoms with E-state index in [9.17, 15) is 0 Å². The molecule has 0 aromatic heterocycles. The van der Waals surface area contributed by atoms with E-state index in [1.54, 1.807) is 0 Å². The van der Waals surface area contributed by atoms with Gasteiger partial charge >= 0.3 is 0 Å². The number of rotatable bonds is 0. The van der Waals surface area contributed by atoms with Crippen molar-refractivity contribution < 1.29 is 0 Å². The SMILES string of the molecule is C1C2C3C4CC5C6C7C8C9C%10C%11C%12C%13C%14C%15C%16C%17C%18C%19C%20C%21C%22C%23C%24C%25C%26CC%27C%28C%29CC%30C%31C%32C%33C%34C%35C%36C%37C%38C%39C%40C%41C%42C%43C%44C%45C%46C%47C%48C%49C%50C1C21C32C45C63C74C85C96C%107C%118C%129C%13%10C%14%11C%15%12C%16%13C%17%14C%18%15C%19%16C%20%17C%21%18C%22%19C%23%20C%24%21C%25%22C%27%26C%28%23C%29%30C%31%24C%32%25C%33%26C%34%27C%35%28C%36%29C%37%30C%38%31C%39%32C%40%33C%41%34C%42%35C%43%36C%44%37C%45%38C%46%39C%47%40C%48%41C%49%42C%501C23C%424C%415C%406C%397C%388C%379C%36%10C%35%11C%34%12C%33%13C%32%14C%31%15C%30%16C%29%17C%28%18C%27%19C%26%20C%25%21C%23%24%22. The minimum Gasteiger partial charge on any atom is -0.0458 e. The highest BCUT2D eigenvalue weighted by atomic mass is 15.8. The highest BCUT2D eigenvalue weighted by molar-refractivity contribution is 6.63. The Kier molecular flexibility index (Phi) is 1.74. The molecule has 0 heterocycles. The first kappa shape index (κ1) is 38.2. The van der Waals surface area contributed by atoms with Gasteiger partial charge in [0.15, 0.2) is 0 Å². The number of fused-ring (bicyclic) bond motifs is 46. The molecule has 538 valence electrons. The van der Waals surface area contributed by atoms with Gasteiger partial charge in [-0.15, -0.1) is 0 Å². The van der Waals surface area contributed by atoms with Crippen molar-refractivity contribution in [1.29, 1.82) is 0 Å². The fourth-order valence-electron chi connectivity index (χ4n) is 144. The van der Waals surface area contributed by atoms with Crippen LogP contribution in [0.4, 0.5) is 0 Å². The fraction of sp³-hybridized carbons (Fsp3) is 1.00. The smallest absolute Gasteiger partial charge is 0.000715 e. The van der Waals surface area contributed by atoms with Crippen molar-refractivity contribution in [3.05, 3.63) is 130 Å². The molecule has 92 atom stereocenters. The van der Waals surface area contributed by atoms with Gasteiger partial charge in [0.25, 0.3) is 0 Å². The van der Waals surface area contributed by atoms with Crippen LogP contribution in [-0.2, 0) is 0 Å². The van der Waals surface area contributed by atoms with Crippen LogP contribution in [0.25, 0.3) is 0 Å². The maximum absolute atomic E-state index is 1.89. The monoisotopic (exact) mass is 1500 g/mol. The average molecular weight is 1500 g/mol. The van der Waals surface area contributed by atoms with Crippen molar-refractivity contribution in [3.63, 3.8) is 0 Å². The Morgan fingerprint density at radius 1 is 0.0750 bits per heavy atom. The summed E-state index contributed by atoms with van der Waals surface area (Å²) in [6.07, 6.45) is 7.57. The standard InChI is InChI=1S/C120H58/c1-5-13-6-2-10-16-20-24-28-32-36-40-44-49-53-54-50-46-42-38-34-30-26-22-18-12-4-8-14-7-3-11-17-21-25-29-33-37-41-45-48-52-51-47-43-39-35-31-27-23-19-15-9(1)55(5)59(13)56(6,10)62(16)66(20)70(24)74(28)78(32)82(36)86(40)90(44)94(49)99(53)100(54)96(50)92(46)88(42)84(38)80(34)76(30)72(26)68(22)64(18)58(8,12)60(14)57(7,11)63(17)67(21)71(25)75(29)79(33)83(37)87(41)91(45)95(48)98(52)97(51)93(47)89(43)85(39)81(35)77(31)73(27)69(23)65(19)61(15,55)101(59,62)103(65,66)105(69,70)107(73,74)109(77,78)111(81,82)113(85,86)115(89,90)117(93,94)119(97,99)120(98,100)118(95,96)116(91,92)114(87,88)112(83,84)110(79,80)108(75,76)106(71,72)104(67,68)102(60,63)64/h5-54H,1-4H2. The summed E-state index contributed by atoms with van der Waals surface area (Å²) in [7, 11) is 0. The predicted molar refractivity (Wildman–Crippen MR) is 373 cm³/mol. The van der Waals surface area contributed by atoms with Gasteiger partial charge < -0.3 is 0 Å². The van der Waals surface area contributed by atoms with E-state index in [4.69, 9.17) is 0 Å². The van der Waals surface area contributed by atoms with Crippen molar-refractivity contribution in [2.75, 3.05) is 0 Å². The quantitative estimate of drug-likeness (QED) is 0.227. The summed E-state index contributed by atoms with van der Waals surface area (Å²) < 4.78 is 0. The van der Waals surface area contributed by atoms with Gasteiger partial charge in [-0.1, -0.05) is 0 Å². The maximum atomic E-state index is 1.89. The molecule has 120 heavy (non-hydrogen) atoms. The normalized spacial score (nSPS) is 151. The molecule has 0 nitrogen and oxygen atoms in total. The van der Waals surface area contributed by atoms with E-state index in [2.05, 4.69) is 0 Å². The molecule has 92 rings (SSSR count). The van der Waals surface area contributed by atoms with E-state index in [0.717, 1.165) is 357 Å². The molecule has 92 aliphatic rings. The molecular formula is C120H58. The third kappa shape index (κ3) is 0.755. The Morgan fingerprint density at radius 2 is 0.167 bits per heavy atom. The highest BCUT2D eigenvalue weighted by Gasteiger charge is 3.80. The molecule has 0 aromatic rings. The Labute approximate surface area is 674 Å². The van der Waals surface area contributed by atoms with Crippen LogP contribution >= 0.6 is 0 Å². The topological polar surface area (TPSA) is 0 Å². The molecule has 92 aliphatic carbocycles. The minimum absolute atomic E-state index is 1.11. The van der Waals surface area contributed by atoms with Crippen LogP contribution < -0.4 is 0 Å². The summed E-state index contributed by atoms with van der Waals surface area (Å²) in [6, 6.07) is 0. The lowest BCUT2D eigenvalue weighted by Crippen LogP contribution is -3.69. The van der Waals surface area contributed by atoms with Crippen LogP contribution in [0.2, 0.25) is 0 Å². The van der Waals surface area contributed by atoms with Gasteiger partial charge in [0.1, 0.15) is 0 Å². The molecular weight excluding hydrogens is 1440 g/mol. The molecule has 92 fully saturated rings. The second kappa shape index (κ2) is 5.48. The molecule has 0 heteroatoms. The first-order chi connectivity index (χ1) is 59.8. The van der Waals surface area contributed by atoms with E-state index >= 15 is 0 Å². The summed E-state index contributed by atoms with van der Waals surface area (Å²) in [5.74, 6) is 72.5. The molecule has 0 N–H and O–H groups in total. The van der Waals surface area contributed by atoms with Gasteiger partial charge in [-0.05, 0) is 679 Å². The van der Waals surface area contributed by atoms with Gasteiger partial charge in [-0.3, -0.25) is 0 Å². The number of hydrogen-bond acceptors (Lipinski definition) is 0. The van der Waals surface area contributed by atoms with Gasteiger partial charge in [0.05, 0.1) is 0 Å². The van der Waals surface area contributed by atoms with Crippen LogP contribution in [-0.4, -0.2) is 0 Å². The van der Waals surface area contributed by atoms with Crippen LogP contribution in [0.5, 0.6) is 0 Å². The third-order valence-electron chi connectivity index (χ3n) is 110. The average Bonchev–Trinajstić information content (AvgIpc) is 0.414. The highest BCUT2D eigenvalue weighted by Crippen LogP contribution is 3.84. The second-order valence-corrected chi connectivity index (χ2v) is 80.3. The van der Waals surface area contributed by atoms with Gasteiger partial charge in [-0.25, -0.2) is 0 Å². The maximum Gasteiger partial charge on any atom is -0.000715 e. The first-order valence-electron chi connectivity index (χ1n) is 59.8. The molecule has 0 radical (unpaired) electrons. The Morgan fingerprint density at radius 3 is 0.292 bits per heavy atom. The summed E-state index contributed by atoms with van der Waals surface area (Å²) in [6.45, 7) is 0. The van der Waals surface area contributed by atoms with Crippen molar-refractivity contribution in [2.24, 2.45) is 523 Å². The van der Waals surface area contributed by atoms with E-state index in [0.29, 0.717) is 0 Å². The van der Waals surface area contributed by atoms with Gasteiger partial charge in [-0.2, -0.15) is 0 Å². The lowest BCUT2D eigenvalue weighted by Gasteiger charge is -3.72. The molecule has 92 saturated carbocycles. The van der Waals surface area contributed by atoms with E-state index in [-0.39, 0.29) is 0 Å². The fourth-order valence-corrected chi connectivity index (χ4v) is 144. The van der Waals surface area contributed by atoms with Gasteiger partial charge in [0.2, 0.25) is 0 Å². The number of hydrogen-bond donors (Lipinski definition) is 0. The third-order valence-corrected chi connectivity index (χ3v) is 110. The predicted octanol–water partition coefficient (Wildman–Crippen LogP) is 9.66. The lowest BCUT2D eigenvalue weighted by atomic mass is 8.30. The summed E-state index contributed by atoms with van der Waals surface area (Å²) >= 11 is 0. The molecule has 0 aromatic carbocycles. The Bertz CT molecular complexity index is 8910. The molecule has 66 spiro atoms. The van der Waals surface area contributed by atoms with E-state index in [1.165, 1.54) is 296 Å². The molecule has 0 saturated heterocycles. The van der Waals surface area contributed by atoms with Crippen LogP contribution in [0.3, 0.4) is 0 Å². The van der Waals surface area contributed by atoms with Crippen molar-refractivity contribution in [2.45, 2.75) is 25.7 Å². The zero-order valence-electron chi connectivity index (χ0n) is 64.7. The van der Waals surface area contributed by atoms with Crippen molar-refractivity contribution in [3.8, 4) is 0 Å². The van der Waals surface area contributed by atoms with Crippen LogP contribution in [0.15, 0.2) is 0 Å². The molecule has 92 unspecified atom stereocenters. The van der Waals surface area contributed by atoms with Crippen LogP contribution in [0, 0.1) is 653 Å². The Balaban J connectivity index is 0.435. The van der Waals surface area contributed by atoms with E-state index in [1.807, 2.05) is 25.7 Å². The van der Waals surface area contributed by atoms with Crippen molar-refractivity contribution in [1.82, 2.24) is 0 Å². The molecule has 0 aliphatic heterocycles. The minimum atomic E-state index is 1.11. The summed E-state index contributed by atoms with van der Waals surface area (Å²) in [5.41, 5.74) is 75.1. The van der Waals surface area contributed by atoms with Gasteiger partial charge in [0, 0.05) is 0 Å². The van der Waals surface area contributed by atoms with Crippen molar-refractivity contribution >= 4 is 0 Å². The largest absolute Gasteiger partial charge is 0.0458 e. The van der Waals surface area contributed by atoms with Crippen LogP contribution in [0.1, 0.15) is 25.7 Å². The molecule has 0 bridgehead atoms. The lowest BCUT2D eigenvalue weighted by molar-refractivity contribution is -1.06. The first-order valence-corrected chi connectivity index (χ1v) is 59.8. The van der Waals surface area contributed by atoms with E-state index < -0.39 is 0 Å². The Hall–Kier alpha value is 0. The molecule has 0 amide bonds. The zero-order chi connectivity index (χ0) is 64.7. The summed E-state index contributed by atoms with van der Waals surface area (Å²) in [5, 5.41) is 0.